The predicted molar refractivity (Wildman–Crippen MR) is 63.5 cm³/mol. The molecule has 2 rings (SSSR count). The zero-order chi connectivity index (χ0) is 12.1. The van der Waals surface area contributed by atoms with Crippen molar-refractivity contribution in [3.8, 4) is 0 Å². The molecule has 0 bridgehead atoms. The Morgan fingerprint density at radius 1 is 1.35 bits per heavy atom. The van der Waals surface area contributed by atoms with Crippen LogP contribution < -0.4 is 10.7 Å². The van der Waals surface area contributed by atoms with E-state index in [2.05, 4.69) is 20.7 Å². The molecule has 0 radical (unpaired) electrons. The van der Waals surface area contributed by atoms with Crippen LogP contribution in [-0.4, -0.2) is 48.6 Å². The van der Waals surface area contributed by atoms with Crippen molar-refractivity contribution in [3.05, 3.63) is 0 Å². The normalized spacial score (nSPS) is 20.9. The number of hydrogen-bond donors (Lipinski definition) is 2. The molecule has 0 aliphatic carbocycles. The Labute approximate surface area is 100 Å². The Hall–Kier alpha value is -1.43. The monoisotopic (exact) mass is 238 g/mol. The van der Waals surface area contributed by atoms with E-state index in [1.807, 2.05) is 0 Å². The number of amides is 2. The molecule has 94 valence electrons. The second-order valence-electron chi connectivity index (χ2n) is 4.40. The van der Waals surface area contributed by atoms with E-state index in [1.165, 1.54) is 12.8 Å². The Balaban J connectivity index is 1.68. The summed E-state index contributed by atoms with van der Waals surface area (Å²) in [7, 11) is 0. The molecular formula is C11H18N4O2. The largest absolute Gasteiger partial charge is 0.350 e. The van der Waals surface area contributed by atoms with Crippen LogP contribution >= 0.6 is 0 Å². The van der Waals surface area contributed by atoms with E-state index >= 15 is 0 Å². The van der Waals surface area contributed by atoms with Gasteiger partial charge in [-0.05, 0) is 25.9 Å². The van der Waals surface area contributed by atoms with E-state index in [0.29, 0.717) is 25.1 Å². The summed E-state index contributed by atoms with van der Waals surface area (Å²) in [5.41, 5.74) is 2.74. The second kappa shape index (κ2) is 5.77. The van der Waals surface area contributed by atoms with Crippen molar-refractivity contribution in [2.24, 2.45) is 5.10 Å². The summed E-state index contributed by atoms with van der Waals surface area (Å²) in [6.45, 7) is 3.80. The third-order valence-electron chi connectivity index (χ3n) is 3.08. The SMILES string of the molecule is O=C1CCC(C(=O)NCCN2CCCC2)=NN1. The fraction of sp³-hybridized carbons (Fsp3) is 0.727. The Morgan fingerprint density at radius 2 is 2.12 bits per heavy atom. The minimum Gasteiger partial charge on any atom is -0.350 e. The van der Waals surface area contributed by atoms with E-state index in [-0.39, 0.29) is 11.8 Å². The maximum absolute atomic E-state index is 11.7. The topological polar surface area (TPSA) is 73.8 Å². The van der Waals surface area contributed by atoms with Gasteiger partial charge in [-0.2, -0.15) is 5.10 Å². The van der Waals surface area contributed by atoms with Crippen molar-refractivity contribution in [2.75, 3.05) is 26.2 Å². The molecule has 2 amide bonds. The van der Waals surface area contributed by atoms with E-state index in [4.69, 9.17) is 0 Å². The molecule has 6 heteroatoms. The van der Waals surface area contributed by atoms with Crippen molar-refractivity contribution in [1.82, 2.24) is 15.6 Å². The highest BCUT2D eigenvalue weighted by atomic mass is 16.2. The Morgan fingerprint density at radius 3 is 2.76 bits per heavy atom. The molecule has 0 aromatic rings. The number of hydrogen-bond acceptors (Lipinski definition) is 4. The Bertz CT molecular complexity index is 334. The average molecular weight is 238 g/mol. The number of carbonyl (C=O) groups is 2. The lowest BCUT2D eigenvalue weighted by atomic mass is 10.1. The van der Waals surface area contributed by atoms with E-state index in [9.17, 15) is 9.59 Å². The third kappa shape index (κ3) is 3.52. The molecule has 2 aliphatic heterocycles. The van der Waals surface area contributed by atoms with Crippen molar-refractivity contribution >= 4 is 17.5 Å². The van der Waals surface area contributed by atoms with Gasteiger partial charge < -0.3 is 10.2 Å². The smallest absolute Gasteiger partial charge is 0.267 e. The van der Waals surface area contributed by atoms with Gasteiger partial charge in [0.2, 0.25) is 5.91 Å². The van der Waals surface area contributed by atoms with Crippen LogP contribution in [-0.2, 0) is 9.59 Å². The fourth-order valence-electron chi connectivity index (χ4n) is 2.07. The van der Waals surface area contributed by atoms with Crippen molar-refractivity contribution in [3.63, 3.8) is 0 Å². The number of carbonyl (C=O) groups excluding carboxylic acids is 2. The van der Waals surface area contributed by atoms with Gasteiger partial charge in [-0.1, -0.05) is 0 Å². The average Bonchev–Trinajstić information content (AvgIpc) is 2.83. The molecule has 2 aliphatic rings. The number of nitrogens with one attached hydrogen (secondary N) is 2. The molecule has 0 saturated carbocycles. The van der Waals surface area contributed by atoms with Crippen LogP contribution in [0.4, 0.5) is 0 Å². The van der Waals surface area contributed by atoms with E-state index in [0.717, 1.165) is 19.6 Å². The van der Waals surface area contributed by atoms with Crippen LogP contribution in [0.15, 0.2) is 5.10 Å². The lowest BCUT2D eigenvalue weighted by Gasteiger charge is -2.16. The van der Waals surface area contributed by atoms with Crippen LogP contribution in [0.3, 0.4) is 0 Å². The summed E-state index contributed by atoms with van der Waals surface area (Å²) in [5, 5.41) is 6.58. The van der Waals surface area contributed by atoms with E-state index in [1.54, 1.807) is 0 Å². The van der Waals surface area contributed by atoms with Crippen molar-refractivity contribution < 1.29 is 9.59 Å². The summed E-state index contributed by atoms with van der Waals surface area (Å²) in [5.74, 6) is -0.289. The third-order valence-corrected chi connectivity index (χ3v) is 3.08. The first kappa shape index (κ1) is 12.0. The first-order valence-corrected chi connectivity index (χ1v) is 6.11. The molecule has 2 heterocycles. The summed E-state index contributed by atoms with van der Waals surface area (Å²) >= 11 is 0. The molecule has 6 nitrogen and oxygen atoms in total. The molecule has 1 fully saturated rings. The first-order valence-electron chi connectivity index (χ1n) is 6.11. The molecule has 1 saturated heterocycles. The van der Waals surface area contributed by atoms with E-state index < -0.39 is 0 Å². The second-order valence-corrected chi connectivity index (χ2v) is 4.40. The van der Waals surface area contributed by atoms with Crippen LogP contribution in [0.25, 0.3) is 0 Å². The quantitative estimate of drug-likeness (QED) is 0.691. The predicted octanol–water partition coefficient (Wildman–Crippen LogP) is -0.536. The Kier molecular flexibility index (Phi) is 4.08. The maximum Gasteiger partial charge on any atom is 0.267 e. The number of likely N-dealkylation sites (tertiary alicyclic amines) is 1. The number of rotatable bonds is 4. The van der Waals surface area contributed by atoms with Gasteiger partial charge in [-0.25, -0.2) is 5.43 Å². The van der Waals surface area contributed by atoms with Gasteiger partial charge in [0.15, 0.2) is 0 Å². The van der Waals surface area contributed by atoms with Crippen molar-refractivity contribution in [1.29, 1.82) is 0 Å². The van der Waals surface area contributed by atoms with Gasteiger partial charge in [0.1, 0.15) is 5.71 Å². The highest BCUT2D eigenvalue weighted by Gasteiger charge is 2.18. The molecule has 2 N–H and O–H groups in total. The summed E-state index contributed by atoms with van der Waals surface area (Å²) in [6.07, 6.45) is 3.29. The molecule has 0 aromatic heterocycles. The van der Waals surface area contributed by atoms with Crippen LogP contribution in [0.5, 0.6) is 0 Å². The molecule has 0 aromatic carbocycles. The standard InChI is InChI=1S/C11H18N4O2/c16-10-4-3-9(13-14-10)11(17)12-5-8-15-6-1-2-7-15/h1-8H2,(H,12,17)(H,14,16). The number of nitrogens with zero attached hydrogens (tertiary/aromatic N) is 2. The van der Waals surface area contributed by atoms with Gasteiger partial charge in [-0.3, -0.25) is 9.59 Å². The van der Waals surface area contributed by atoms with Crippen LogP contribution in [0.2, 0.25) is 0 Å². The van der Waals surface area contributed by atoms with Gasteiger partial charge >= 0.3 is 0 Å². The molecule has 0 atom stereocenters. The van der Waals surface area contributed by atoms with Gasteiger partial charge in [-0.15, -0.1) is 0 Å². The van der Waals surface area contributed by atoms with Gasteiger partial charge in [0, 0.05) is 25.9 Å². The summed E-state index contributed by atoms with van der Waals surface area (Å²) < 4.78 is 0. The maximum atomic E-state index is 11.7. The van der Waals surface area contributed by atoms with Gasteiger partial charge in [0.05, 0.1) is 0 Å². The minimum atomic E-state index is -0.163. The lowest BCUT2D eigenvalue weighted by molar-refractivity contribution is -0.121. The summed E-state index contributed by atoms with van der Waals surface area (Å²) in [6, 6.07) is 0. The fourth-order valence-corrected chi connectivity index (χ4v) is 2.07. The molecule has 0 unspecified atom stereocenters. The van der Waals surface area contributed by atoms with Gasteiger partial charge in [0.25, 0.3) is 5.91 Å². The number of hydrazone groups is 1. The van der Waals surface area contributed by atoms with Crippen molar-refractivity contribution in [2.45, 2.75) is 25.7 Å². The summed E-state index contributed by atoms with van der Waals surface area (Å²) in [4.78, 5) is 24.9. The molecule has 17 heavy (non-hydrogen) atoms. The zero-order valence-electron chi connectivity index (χ0n) is 9.87. The highest BCUT2D eigenvalue weighted by Crippen LogP contribution is 2.05. The minimum absolute atomic E-state index is 0.126. The van der Waals surface area contributed by atoms with Crippen LogP contribution in [0.1, 0.15) is 25.7 Å². The van der Waals surface area contributed by atoms with Crippen LogP contribution in [0, 0.1) is 0 Å². The highest BCUT2D eigenvalue weighted by molar-refractivity contribution is 6.39. The molecule has 0 spiro atoms. The first-order chi connectivity index (χ1) is 8.25. The lowest BCUT2D eigenvalue weighted by Crippen LogP contribution is -2.40. The molecular weight excluding hydrogens is 220 g/mol. The zero-order valence-corrected chi connectivity index (χ0v) is 9.87.